The number of nitrogens with one attached hydrogen (secondary N) is 3. The first-order valence-corrected chi connectivity index (χ1v) is 11.7. The lowest BCUT2D eigenvalue weighted by Crippen LogP contribution is -2.33. The van der Waals surface area contributed by atoms with Crippen LogP contribution in [0.3, 0.4) is 0 Å². The largest absolute Gasteiger partial charge is 0.384 e. The highest BCUT2D eigenvalue weighted by Crippen LogP contribution is 2.22. The lowest BCUT2D eigenvalue weighted by Gasteiger charge is -2.22. The molecule has 0 atom stereocenters. The Morgan fingerprint density at radius 1 is 1.08 bits per heavy atom. The number of tetrazole rings is 1. The van der Waals surface area contributed by atoms with E-state index < -0.39 is 0 Å². The Morgan fingerprint density at radius 2 is 1.82 bits per heavy atom. The number of benzene rings is 3. The van der Waals surface area contributed by atoms with E-state index >= 15 is 0 Å². The lowest BCUT2D eigenvalue weighted by molar-refractivity contribution is 0.0987. The zero-order valence-corrected chi connectivity index (χ0v) is 21.4. The fourth-order valence-electron chi connectivity index (χ4n) is 4.10. The van der Waals surface area contributed by atoms with Gasteiger partial charge in [-0.25, -0.2) is 10.1 Å². The summed E-state index contributed by atoms with van der Waals surface area (Å²) in [5, 5.41) is 24.8. The molecule has 11 nitrogen and oxygen atoms in total. The molecule has 0 aliphatic heterocycles. The van der Waals surface area contributed by atoms with E-state index in [9.17, 15) is 4.79 Å². The van der Waals surface area contributed by atoms with Crippen LogP contribution in [-0.4, -0.2) is 48.5 Å². The molecule has 0 bridgehead atoms. The molecule has 5 aromatic rings. The van der Waals surface area contributed by atoms with Crippen LogP contribution in [0.15, 0.2) is 72.8 Å². The van der Waals surface area contributed by atoms with Crippen molar-refractivity contribution in [2.24, 2.45) is 12.8 Å². The number of fused-ring (bicyclic) bond motifs is 1. The standard InChI is InChI=1S/C26H26N10O.ClH/c1-35-22-12-9-18(15-21(22)30-24(35)16-29-19-10-7-17(8-11-19)25(27)28)26(37)36(20-5-3-2-4-6-20)14-13-23-31-33-34-32-23;/h2-12,15,29H,13-14,16H2,1H3,(H3,27,28)(H,31,32,33,34);1H. The normalized spacial score (nSPS) is 10.7. The van der Waals surface area contributed by atoms with Gasteiger partial charge in [-0.05, 0) is 65.0 Å². The Balaban J connectivity index is 0.00000336. The number of nitrogens with zero attached hydrogens (tertiary/aromatic N) is 6. The summed E-state index contributed by atoms with van der Waals surface area (Å²) in [5.41, 5.74) is 10.1. The lowest BCUT2D eigenvalue weighted by atomic mass is 10.1. The Kier molecular flexibility index (Phi) is 7.97. The van der Waals surface area contributed by atoms with Crippen LogP contribution in [0.4, 0.5) is 11.4 Å². The van der Waals surface area contributed by atoms with Crippen LogP contribution >= 0.6 is 12.4 Å². The number of rotatable bonds is 9. The Bertz CT molecular complexity index is 1530. The van der Waals surface area contributed by atoms with Crippen LogP contribution < -0.4 is 16.0 Å². The van der Waals surface area contributed by atoms with E-state index in [1.165, 1.54) is 0 Å². The maximum Gasteiger partial charge on any atom is 0.258 e. The summed E-state index contributed by atoms with van der Waals surface area (Å²) < 4.78 is 2.01. The summed E-state index contributed by atoms with van der Waals surface area (Å²) >= 11 is 0. The van der Waals surface area contributed by atoms with Crippen LogP contribution in [0.1, 0.15) is 27.6 Å². The summed E-state index contributed by atoms with van der Waals surface area (Å²) in [6, 6.07) is 22.5. The molecule has 2 aromatic heterocycles. The molecule has 0 aliphatic rings. The van der Waals surface area contributed by atoms with Crippen molar-refractivity contribution in [2.45, 2.75) is 13.0 Å². The number of carbonyl (C=O) groups excluding carboxylic acids is 1. The first-order valence-electron chi connectivity index (χ1n) is 11.7. The van der Waals surface area contributed by atoms with E-state index in [1.807, 2.05) is 72.3 Å². The number of imidazole rings is 1. The molecule has 5 rings (SSSR count). The van der Waals surface area contributed by atoms with Crippen molar-refractivity contribution in [3.8, 4) is 0 Å². The van der Waals surface area contributed by atoms with Gasteiger partial charge in [0.2, 0.25) is 0 Å². The molecule has 38 heavy (non-hydrogen) atoms. The van der Waals surface area contributed by atoms with Gasteiger partial charge in [0.25, 0.3) is 5.91 Å². The van der Waals surface area contributed by atoms with E-state index in [1.54, 1.807) is 17.0 Å². The number of halogens is 1. The molecule has 5 N–H and O–H groups in total. The molecule has 0 fully saturated rings. The van der Waals surface area contributed by atoms with Crippen LogP contribution in [0.25, 0.3) is 11.0 Å². The van der Waals surface area contributed by atoms with Crippen molar-refractivity contribution in [3.05, 3.63) is 95.6 Å². The molecule has 0 saturated carbocycles. The number of para-hydroxylation sites is 1. The number of nitrogen functional groups attached to an aromatic ring is 1. The van der Waals surface area contributed by atoms with Crippen molar-refractivity contribution in [3.63, 3.8) is 0 Å². The SMILES string of the molecule is Cl.Cn1c(CNc2ccc(C(=N)N)cc2)nc2cc(C(=O)N(CCc3nnn[nH]3)c3ccccc3)ccc21. The average molecular weight is 531 g/mol. The van der Waals surface area contributed by atoms with Gasteiger partial charge >= 0.3 is 0 Å². The molecule has 0 saturated heterocycles. The number of nitrogens with two attached hydrogens (primary N) is 1. The molecular formula is C26H27ClN10O. The van der Waals surface area contributed by atoms with Gasteiger partial charge in [0.1, 0.15) is 17.5 Å². The summed E-state index contributed by atoms with van der Waals surface area (Å²) in [6.45, 7) is 0.910. The quantitative estimate of drug-likeness (QED) is 0.168. The van der Waals surface area contributed by atoms with Crippen molar-refractivity contribution >= 4 is 46.6 Å². The maximum absolute atomic E-state index is 13.6. The number of aromatic amines is 1. The second-order valence-electron chi connectivity index (χ2n) is 8.53. The fourth-order valence-corrected chi connectivity index (χ4v) is 4.10. The number of amides is 1. The number of amidine groups is 1. The molecule has 12 heteroatoms. The minimum Gasteiger partial charge on any atom is -0.384 e. The van der Waals surface area contributed by atoms with Gasteiger partial charge in [0, 0.05) is 42.5 Å². The highest BCUT2D eigenvalue weighted by molar-refractivity contribution is 6.07. The average Bonchev–Trinajstić information content (AvgIpc) is 3.56. The van der Waals surface area contributed by atoms with Gasteiger partial charge in [-0.1, -0.05) is 18.2 Å². The maximum atomic E-state index is 13.6. The van der Waals surface area contributed by atoms with Crippen molar-refractivity contribution < 1.29 is 4.79 Å². The minimum absolute atomic E-state index is 0. The summed E-state index contributed by atoms with van der Waals surface area (Å²) in [7, 11) is 1.95. The minimum atomic E-state index is -0.128. The third kappa shape index (κ3) is 5.62. The number of anilines is 2. The van der Waals surface area contributed by atoms with E-state index in [2.05, 4.69) is 25.9 Å². The highest BCUT2D eigenvalue weighted by Gasteiger charge is 2.20. The molecule has 0 aliphatic carbocycles. The number of hydrogen-bond acceptors (Lipinski definition) is 7. The second kappa shape index (κ2) is 11.5. The smallest absolute Gasteiger partial charge is 0.258 e. The number of aryl methyl sites for hydroxylation is 1. The Labute approximate surface area is 225 Å². The van der Waals surface area contributed by atoms with Gasteiger partial charge in [-0.2, -0.15) is 0 Å². The molecule has 0 spiro atoms. The number of carbonyl (C=O) groups is 1. The predicted molar refractivity (Wildman–Crippen MR) is 149 cm³/mol. The molecule has 194 valence electrons. The van der Waals surface area contributed by atoms with Crippen LogP contribution in [0.5, 0.6) is 0 Å². The highest BCUT2D eigenvalue weighted by atomic mass is 35.5. The summed E-state index contributed by atoms with van der Waals surface area (Å²) in [6.07, 6.45) is 0.489. The molecule has 2 heterocycles. The summed E-state index contributed by atoms with van der Waals surface area (Å²) in [5.74, 6) is 1.35. The van der Waals surface area contributed by atoms with Crippen LogP contribution in [-0.2, 0) is 20.0 Å². The molecule has 0 radical (unpaired) electrons. The molecule has 1 amide bonds. The third-order valence-electron chi connectivity index (χ3n) is 6.14. The van der Waals surface area contributed by atoms with E-state index in [0.717, 1.165) is 28.2 Å². The third-order valence-corrected chi connectivity index (χ3v) is 6.14. The molecule has 0 unspecified atom stereocenters. The second-order valence-corrected chi connectivity index (χ2v) is 8.53. The number of aromatic nitrogens is 6. The van der Waals surface area contributed by atoms with Gasteiger partial charge < -0.3 is 20.5 Å². The predicted octanol–water partition coefficient (Wildman–Crippen LogP) is 3.29. The molecule has 3 aromatic carbocycles. The van der Waals surface area contributed by atoms with Crippen LogP contribution in [0.2, 0.25) is 0 Å². The van der Waals surface area contributed by atoms with E-state index in [-0.39, 0.29) is 24.1 Å². The van der Waals surface area contributed by atoms with Gasteiger partial charge in [0.15, 0.2) is 0 Å². The van der Waals surface area contributed by atoms with Crippen molar-refractivity contribution in [2.75, 3.05) is 16.8 Å². The Morgan fingerprint density at radius 3 is 2.50 bits per heavy atom. The van der Waals surface area contributed by atoms with Gasteiger partial charge in [-0.3, -0.25) is 10.2 Å². The molecular weight excluding hydrogens is 504 g/mol. The Hall–Kier alpha value is -4.77. The number of H-pyrrole nitrogens is 1. The first-order chi connectivity index (χ1) is 18.0. The van der Waals surface area contributed by atoms with Crippen LogP contribution in [0, 0.1) is 5.41 Å². The van der Waals surface area contributed by atoms with Crippen molar-refractivity contribution in [1.82, 2.24) is 30.2 Å². The zero-order valence-electron chi connectivity index (χ0n) is 20.6. The summed E-state index contributed by atoms with van der Waals surface area (Å²) in [4.78, 5) is 20.1. The zero-order chi connectivity index (χ0) is 25.8. The van der Waals surface area contributed by atoms with Gasteiger partial charge in [0.05, 0.1) is 17.6 Å². The van der Waals surface area contributed by atoms with E-state index in [4.69, 9.17) is 16.1 Å². The number of hydrogen-bond donors (Lipinski definition) is 4. The fraction of sp³-hybridized carbons (Fsp3) is 0.154. The first kappa shape index (κ1) is 26.3. The topological polar surface area (TPSA) is 154 Å². The van der Waals surface area contributed by atoms with Crippen molar-refractivity contribution in [1.29, 1.82) is 5.41 Å². The monoisotopic (exact) mass is 530 g/mol. The van der Waals surface area contributed by atoms with E-state index in [0.29, 0.717) is 36.5 Å². The van der Waals surface area contributed by atoms with Gasteiger partial charge in [-0.15, -0.1) is 17.5 Å².